The molecule has 1 aromatic carbocycles. The van der Waals surface area contributed by atoms with E-state index in [9.17, 15) is 0 Å². The van der Waals surface area contributed by atoms with Crippen molar-refractivity contribution in [1.29, 1.82) is 0 Å². The molecule has 2 nitrogen and oxygen atoms in total. The molecule has 0 saturated heterocycles. The van der Waals surface area contributed by atoms with Gasteiger partial charge in [-0.05, 0) is 68.6 Å². The Morgan fingerprint density at radius 1 is 1.14 bits per heavy atom. The van der Waals surface area contributed by atoms with Crippen LogP contribution in [0.1, 0.15) is 56.9 Å². The molecule has 0 radical (unpaired) electrons. The fourth-order valence-corrected chi connectivity index (χ4v) is 4.20. The number of rotatable bonds is 5. The van der Waals surface area contributed by atoms with Gasteiger partial charge in [0, 0.05) is 12.6 Å². The third kappa shape index (κ3) is 4.00. The summed E-state index contributed by atoms with van der Waals surface area (Å²) < 4.78 is 5.81. The minimum absolute atomic E-state index is 0.720. The minimum atomic E-state index is 0.720. The van der Waals surface area contributed by atoms with Crippen LogP contribution in [0, 0.1) is 12.3 Å². The molecule has 0 heterocycles. The number of ether oxygens (including phenoxy) is 1. The van der Waals surface area contributed by atoms with Crippen molar-refractivity contribution in [2.75, 3.05) is 13.2 Å². The van der Waals surface area contributed by atoms with Crippen LogP contribution < -0.4 is 10.1 Å². The van der Waals surface area contributed by atoms with Gasteiger partial charge < -0.3 is 10.1 Å². The van der Waals surface area contributed by atoms with E-state index in [4.69, 9.17) is 4.74 Å². The van der Waals surface area contributed by atoms with Gasteiger partial charge in [0.25, 0.3) is 0 Å². The lowest BCUT2D eigenvalue weighted by atomic mass is 9.71. The maximum atomic E-state index is 5.81. The number of hydrogen-bond donors (Lipinski definition) is 1. The van der Waals surface area contributed by atoms with E-state index >= 15 is 0 Å². The smallest absolute Gasteiger partial charge is 0.119 e. The van der Waals surface area contributed by atoms with Crippen molar-refractivity contribution >= 4 is 0 Å². The van der Waals surface area contributed by atoms with Crippen LogP contribution in [0.2, 0.25) is 0 Å². The fraction of sp³-hybridized carbons (Fsp3) is 0.684. The standard InChI is InChI=1S/C19H29NO/c1-16-5-4-6-18(15-16)21-14-13-20-17-7-11-19(12-8-17)9-2-3-10-19/h4-6,15,17,20H,2-3,7-14H2,1H3. The zero-order valence-electron chi connectivity index (χ0n) is 13.4. The molecule has 2 aliphatic rings. The van der Waals surface area contributed by atoms with Gasteiger partial charge in [-0.25, -0.2) is 0 Å². The lowest BCUT2D eigenvalue weighted by Crippen LogP contribution is -2.38. The second kappa shape index (κ2) is 6.83. The highest BCUT2D eigenvalue weighted by molar-refractivity contribution is 5.27. The predicted molar refractivity (Wildman–Crippen MR) is 87.8 cm³/mol. The summed E-state index contributed by atoms with van der Waals surface area (Å²) in [5, 5.41) is 3.69. The van der Waals surface area contributed by atoms with E-state index in [0.717, 1.165) is 30.4 Å². The Labute approximate surface area is 129 Å². The van der Waals surface area contributed by atoms with Crippen LogP contribution in [0.25, 0.3) is 0 Å². The molecule has 3 rings (SSSR count). The van der Waals surface area contributed by atoms with Gasteiger partial charge in [-0.3, -0.25) is 0 Å². The van der Waals surface area contributed by atoms with Crippen LogP contribution in [0.5, 0.6) is 5.75 Å². The molecule has 0 bridgehead atoms. The van der Waals surface area contributed by atoms with E-state index in [1.165, 1.54) is 56.9 Å². The topological polar surface area (TPSA) is 21.3 Å². The van der Waals surface area contributed by atoms with Crippen molar-refractivity contribution in [3.05, 3.63) is 29.8 Å². The lowest BCUT2D eigenvalue weighted by molar-refractivity contribution is 0.165. The Kier molecular flexibility index (Phi) is 4.84. The molecule has 1 aromatic rings. The van der Waals surface area contributed by atoms with E-state index in [0.29, 0.717) is 0 Å². The molecule has 116 valence electrons. The van der Waals surface area contributed by atoms with Gasteiger partial charge in [-0.2, -0.15) is 0 Å². The van der Waals surface area contributed by atoms with E-state index in [1.807, 2.05) is 6.07 Å². The predicted octanol–water partition coefficient (Wildman–Crippen LogP) is 4.47. The summed E-state index contributed by atoms with van der Waals surface area (Å²) in [6, 6.07) is 9.02. The highest BCUT2D eigenvalue weighted by Gasteiger charge is 2.37. The molecule has 2 aliphatic carbocycles. The summed E-state index contributed by atoms with van der Waals surface area (Å²) in [4.78, 5) is 0. The number of hydrogen-bond acceptors (Lipinski definition) is 2. The maximum Gasteiger partial charge on any atom is 0.119 e. The Balaban J connectivity index is 1.33. The quantitative estimate of drug-likeness (QED) is 0.807. The summed E-state index contributed by atoms with van der Waals surface area (Å²) in [7, 11) is 0. The summed E-state index contributed by atoms with van der Waals surface area (Å²) in [5.74, 6) is 0.991. The van der Waals surface area contributed by atoms with Gasteiger partial charge in [0.1, 0.15) is 12.4 Å². The van der Waals surface area contributed by atoms with Gasteiger partial charge in [-0.15, -0.1) is 0 Å². The van der Waals surface area contributed by atoms with Crippen molar-refractivity contribution in [3.8, 4) is 5.75 Å². The first-order chi connectivity index (χ1) is 10.3. The third-order valence-electron chi connectivity index (χ3n) is 5.50. The maximum absolute atomic E-state index is 5.81. The number of benzene rings is 1. The van der Waals surface area contributed by atoms with Crippen LogP contribution in [0.4, 0.5) is 0 Å². The van der Waals surface area contributed by atoms with Crippen molar-refractivity contribution in [1.82, 2.24) is 5.32 Å². The average Bonchev–Trinajstić information content (AvgIpc) is 2.94. The molecule has 2 heteroatoms. The molecular formula is C19H29NO. The van der Waals surface area contributed by atoms with Crippen LogP contribution in [-0.4, -0.2) is 19.2 Å². The zero-order valence-corrected chi connectivity index (χ0v) is 13.4. The van der Waals surface area contributed by atoms with Crippen LogP contribution >= 0.6 is 0 Å². The number of aryl methyl sites for hydroxylation is 1. The van der Waals surface area contributed by atoms with Gasteiger partial charge in [-0.1, -0.05) is 25.0 Å². The molecule has 0 aliphatic heterocycles. The lowest BCUT2D eigenvalue weighted by Gasteiger charge is -2.37. The molecule has 0 atom stereocenters. The fourth-order valence-electron chi connectivity index (χ4n) is 4.20. The van der Waals surface area contributed by atoms with Crippen molar-refractivity contribution < 1.29 is 4.74 Å². The average molecular weight is 287 g/mol. The molecule has 1 spiro atoms. The number of nitrogens with one attached hydrogen (secondary N) is 1. The van der Waals surface area contributed by atoms with Crippen molar-refractivity contribution in [3.63, 3.8) is 0 Å². The summed E-state index contributed by atoms with van der Waals surface area (Å²) in [6.45, 7) is 3.84. The second-order valence-electron chi connectivity index (χ2n) is 7.10. The van der Waals surface area contributed by atoms with E-state index in [1.54, 1.807) is 0 Å². The zero-order chi connectivity index (χ0) is 14.5. The van der Waals surface area contributed by atoms with E-state index in [2.05, 4.69) is 30.4 Å². The Hall–Kier alpha value is -1.02. The van der Waals surface area contributed by atoms with Gasteiger partial charge in [0.15, 0.2) is 0 Å². The molecule has 2 fully saturated rings. The van der Waals surface area contributed by atoms with Crippen LogP contribution in [0.3, 0.4) is 0 Å². The molecule has 0 amide bonds. The summed E-state index contributed by atoms with van der Waals surface area (Å²) in [6.07, 6.45) is 11.6. The van der Waals surface area contributed by atoms with Crippen LogP contribution in [-0.2, 0) is 0 Å². The summed E-state index contributed by atoms with van der Waals surface area (Å²) in [5.41, 5.74) is 2.01. The second-order valence-corrected chi connectivity index (χ2v) is 7.10. The largest absolute Gasteiger partial charge is 0.492 e. The van der Waals surface area contributed by atoms with Gasteiger partial charge >= 0.3 is 0 Å². The Morgan fingerprint density at radius 3 is 2.62 bits per heavy atom. The normalized spacial score (nSPS) is 21.8. The van der Waals surface area contributed by atoms with E-state index < -0.39 is 0 Å². The monoisotopic (exact) mass is 287 g/mol. The molecule has 1 N–H and O–H groups in total. The first-order valence-electron chi connectivity index (χ1n) is 8.69. The summed E-state index contributed by atoms with van der Waals surface area (Å²) >= 11 is 0. The molecule has 21 heavy (non-hydrogen) atoms. The third-order valence-corrected chi connectivity index (χ3v) is 5.50. The van der Waals surface area contributed by atoms with Gasteiger partial charge in [0.2, 0.25) is 0 Å². The van der Waals surface area contributed by atoms with Crippen LogP contribution in [0.15, 0.2) is 24.3 Å². The molecular weight excluding hydrogens is 258 g/mol. The molecule has 2 saturated carbocycles. The van der Waals surface area contributed by atoms with E-state index in [-0.39, 0.29) is 0 Å². The first-order valence-corrected chi connectivity index (χ1v) is 8.69. The highest BCUT2D eigenvalue weighted by atomic mass is 16.5. The molecule has 0 aromatic heterocycles. The SMILES string of the molecule is Cc1cccc(OCCNC2CCC3(CCCC3)CC2)c1. The highest BCUT2D eigenvalue weighted by Crippen LogP contribution is 2.48. The molecule has 0 unspecified atom stereocenters. The minimum Gasteiger partial charge on any atom is -0.492 e. The Morgan fingerprint density at radius 2 is 1.90 bits per heavy atom. The van der Waals surface area contributed by atoms with Crippen molar-refractivity contribution in [2.45, 2.75) is 64.3 Å². The van der Waals surface area contributed by atoms with Gasteiger partial charge in [0.05, 0.1) is 0 Å². The van der Waals surface area contributed by atoms with Crippen molar-refractivity contribution in [2.24, 2.45) is 5.41 Å². The Bertz CT molecular complexity index is 441. The first kappa shape index (κ1) is 14.9.